The predicted octanol–water partition coefficient (Wildman–Crippen LogP) is 1.98. The maximum absolute atomic E-state index is 10.5. The second kappa shape index (κ2) is 7.57. The van der Waals surface area contributed by atoms with Gasteiger partial charge < -0.3 is 10.4 Å². The van der Waals surface area contributed by atoms with Crippen molar-refractivity contribution in [3.05, 3.63) is 24.7 Å². The summed E-state index contributed by atoms with van der Waals surface area (Å²) < 4.78 is 0. The molecule has 19 heavy (non-hydrogen) atoms. The number of aliphatic hydroxyl groups excluding tert-OH is 1. The van der Waals surface area contributed by atoms with Crippen LogP contribution in [0.25, 0.3) is 0 Å². The van der Waals surface area contributed by atoms with Crippen LogP contribution in [0.1, 0.15) is 33.1 Å². The molecule has 5 nitrogen and oxygen atoms in total. The fraction of sp³-hybridized carbons (Fsp3) is 0.615. The van der Waals surface area contributed by atoms with E-state index in [-0.39, 0.29) is 5.92 Å². The molecule has 1 aliphatic rings. The average molecular weight is 284 g/mol. The van der Waals surface area contributed by atoms with Crippen molar-refractivity contribution >= 4 is 17.1 Å². The lowest BCUT2D eigenvalue weighted by molar-refractivity contribution is 0.0225. The number of hydrogen-bond donors (Lipinski definition) is 3. The topological polar surface area (TPSA) is 73.9 Å². The van der Waals surface area contributed by atoms with E-state index >= 15 is 0 Å². The number of hydrogen-bond acceptors (Lipinski definition) is 5. The van der Waals surface area contributed by atoms with Crippen molar-refractivity contribution in [2.45, 2.75) is 39.3 Å². The Morgan fingerprint density at radius 1 is 1.58 bits per heavy atom. The van der Waals surface area contributed by atoms with E-state index in [1.807, 2.05) is 6.92 Å². The molecular weight excluding hydrogens is 260 g/mol. The number of nitrogens with zero attached hydrogens (tertiary/aromatic N) is 2. The van der Waals surface area contributed by atoms with E-state index in [1.54, 1.807) is 11.8 Å². The van der Waals surface area contributed by atoms with Gasteiger partial charge in [-0.3, -0.25) is 10.0 Å². The van der Waals surface area contributed by atoms with Gasteiger partial charge in [0.25, 0.3) is 0 Å². The van der Waals surface area contributed by atoms with Gasteiger partial charge in [0.2, 0.25) is 0 Å². The molecule has 108 valence electrons. The predicted molar refractivity (Wildman–Crippen MR) is 82.0 cm³/mol. The van der Waals surface area contributed by atoms with Crippen LogP contribution in [0.4, 0.5) is 0 Å². The Morgan fingerprint density at radius 2 is 2.26 bits per heavy atom. The third-order valence-corrected chi connectivity index (χ3v) is 3.58. The third-order valence-electron chi connectivity index (χ3n) is 3.08. The number of nitrogens with two attached hydrogens (primary N) is 1. The molecule has 0 spiro atoms. The van der Waals surface area contributed by atoms with E-state index in [0.717, 1.165) is 37.8 Å². The van der Waals surface area contributed by atoms with Gasteiger partial charge in [0.05, 0.1) is 0 Å². The van der Waals surface area contributed by atoms with Gasteiger partial charge in [0, 0.05) is 18.2 Å². The van der Waals surface area contributed by atoms with E-state index in [0.29, 0.717) is 16.7 Å². The van der Waals surface area contributed by atoms with Crippen molar-refractivity contribution in [2.75, 3.05) is 6.54 Å². The van der Waals surface area contributed by atoms with Crippen LogP contribution in [0.3, 0.4) is 0 Å². The molecule has 0 aromatic heterocycles. The van der Waals surface area contributed by atoms with Crippen LogP contribution in [0.5, 0.6) is 0 Å². The molecule has 0 aliphatic carbocycles. The molecule has 6 heteroatoms. The highest BCUT2D eigenvalue weighted by Crippen LogP contribution is 2.23. The van der Waals surface area contributed by atoms with Crippen molar-refractivity contribution in [1.82, 2.24) is 10.2 Å². The molecule has 0 saturated carbocycles. The Morgan fingerprint density at radius 3 is 2.84 bits per heavy atom. The first kappa shape index (κ1) is 16.1. The van der Waals surface area contributed by atoms with Gasteiger partial charge in [-0.2, -0.15) is 0 Å². The minimum Gasteiger partial charge on any atom is -0.373 e. The van der Waals surface area contributed by atoms with Gasteiger partial charge in [-0.1, -0.05) is 26.5 Å². The van der Waals surface area contributed by atoms with Crippen LogP contribution < -0.4 is 10.5 Å². The maximum Gasteiger partial charge on any atom is 0.186 e. The highest BCUT2D eigenvalue weighted by molar-refractivity contribution is 8.11. The molecule has 1 aliphatic heterocycles. The first-order valence-electron chi connectivity index (χ1n) is 6.48. The number of amidine groups is 1. The van der Waals surface area contributed by atoms with Crippen molar-refractivity contribution in [3.8, 4) is 0 Å². The molecule has 1 heterocycles. The number of aliphatic hydroxyl groups is 1. The molecule has 1 rings (SSSR count). The zero-order valence-corrected chi connectivity index (χ0v) is 12.5. The molecule has 1 saturated heterocycles. The summed E-state index contributed by atoms with van der Waals surface area (Å²) in [6.45, 7) is 12.4. The largest absolute Gasteiger partial charge is 0.373 e. The van der Waals surface area contributed by atoms with Crippen LogP contribution in [0.15, 0.2) is 29.7 Å². The Labute approximate surface area is 119 Å². The normalized spacial score (nSPS) is 26.2. The summed E-state index contributed by atoms with van der Waals surface area (Å²) in [5.41, 5.74) is 0.639. The lowest BCUT2D eigenvalue weighted by Crippen LogP contribution is -2.45. The van der Waals surface area contributed by atoms with Crippen LogP contribution in [-0.2, 0) is 0 Å². The van der Waals surface area contributed by atoms with Gasteiger partial charge in [-0.25, -0.2) is 4.99 Å². The van der Waals surface area contributed by atoms with Crippen molar-refractivity contribution in [2.24, 2.45) is 16.0 Å². The second-order valence-electron chi connectivity index (χ2n) is 4.88. The zero-order valence-electron chi connectivity index (χ0n) is 11.7. The van der Waals surface area contributed by atoms with Crippen molar-refractivity contribution < 1.29 is 5.11 Å². The number of nitrogens with one attached hydrogen (secondary N) is 1. The van der Waals surface area contributed by atoms with E-state index in [1.165, 1.54) is 0 Å². The van der Waals surface area contributed by atoms with Crippen molar-refractivity contribution in [3.63, 3.8) is 0 Å². The molecule has 1 fully saturated rings. The Balaban J connectivity index is 3.06. The molecule has 2 unspecified atom stereocenters. The smallest absolute Gasteiger partial charge is 0.186 e. The zero-order chi connectivity index (χ0) is 14.4. The quantitative estimate of drug-likeness (QED) is 0.390. The summed E-state index contributed by atoms with van der Waals surface area (Å²) in [4.78, 5) is 5.94. The molecule has 0 radical (unpaired) electrons. The van der Waals surface area contributed by atoms with Crippen LogP contribution >= 0.6 is 11.9 Å². The van der Waals surface area contributed by atoms with Gasteiger partial charge in [0.1, 0.15) is 12.0 Å². The van der Waals surface area contributed by atoms with E-state index in [9.17, 15) is 5.11 Å². The lowest BCUT2D eigenvalue weighted by Gasteiger charge is -2.34. The minimum absolute atomic E-state index is 0.124. The number of rotatable bonds is 1. The van der Waals surface area contributed by atoms with Crippen LogP contribution in [0.2, 0.25) is 0 Å². The first-order valence-corrected chi connectivity index (χ1v) is 7.36. The Bertz CT molecular complexity index is 370. The monoisotopic (exact) mass is 284 g/mol. The fourth-order valence-electron chi connectivity index (χ4n) is 2.00. The summed E-state index contributed by atoms with van der Waals surface area (Å²) in [6.07, 6.45) is 2.41. The summed E-state index contributed by atoms with van der Waals surface area (Å²) in [5, 5.41) is 19.9. The average Bonchev–Trinajstić information content (AvgIpc) is 2.40. The van der Waals surface area contributed by atoms with Gasteiger partial charge in [-0.15, -0.1) is 0 Å². The van der Waals surface area contributed by atoms with Gasteiger partial charge in [-0.05, 0) is 31.7 Å². The molecule has 0 aromatic rings. The molecule has 0 aromatic carbocycles. The van der Waals surface area contributed by atoms with E-state index in [2.05, 4.69) is 23.5 Å². The third kappa shape index (κ3) is 4.56. The maximum atomic E-state index is 10.5. The molecule has 4 N–H and O–H groups in total. The molecule has 0 bridgehead atoms. The minimum atomic E-state index is -0.688. The van der Waals surface area contributed by atoms with E-state index < -0.39 is 6.23 Å². The summed E-state index contributed by atoms with van der Waals surface area (Å²) >= 11 is 0.991. The highest BCUT2D eigenvalue weighted by Gasteiger charge is 2.28. The van der Waals surface area contributed by atoms with E-state index in [4.69, 9.17) is 5.14 Å². The van der Waals surface area contributed by atoms with Crippen LogP contribution in [-0.4, -0.2) is 27.9 Å². The molecule has 0 amide bonds. The number of allylic oxidation sites excluding steroid dienone is 1. The SMILES string of the molecule is C=C(C)N=C(SN)N1C(=C)NCCCCC(C)C1O. The first-order chi connectivity index (χ1) is 8.97. The van der Waals surface area contributed by atoms with Gasteiger partial charge in [0.15, 0.2) is 5.17 Å². The number of aliphatic imine (C=N–C) groups is 1. The lowest BCUT2D eigenvalue weighted by atomic mass is 10.0. The van der Waals surface area contributed by atoms with Crippen molar-refractivity contribution in [1.29, 1.82) is 0 Å². The standard InChI is InChI=1S/C13H24N4OS/c1-9(2)16-13(19-14)17-11(4)15-8-6-5-7-10(3)12(17)18/h10,12,15,18H,1,4-8,14H2,2-3H3. The molecule has 2 atom stereocenters. The Kier molecular flexibility index (Phi) is 6.41. The summed E-state index contributed by atoms with van der Waals surface area (Å²) in [7, 11) is 0. The Hall–Kier alpha value is -0.980. The van der Waals surface area contributed by atoms with Crippen LogP contribution in [0, 0.1) is 5.92 Å². The summed E-state index contributed by atoms with van der Waals surface area (Å²) in [6, 6.07) is 0. The fourth-order valence-corrected chi connectivity index (χ4v) is 2.54. The van der Waals surface area contributed by atoms with Gasteiger partial charge >= 0.3 is 0 Å². The molecular formula is C13H24N4OS. The second-order valence-corrected chi connectivity index (χ2v) is 5.48. The highest BCUT2D eigenvalue weighted by atomic mass is 32.2. The summed E-state index contributed by atoms with van der Waals surface area (Å²) in [5.74, 6) is 0.748.